The molecule has 0 saturated carbocycles. The van der Waals surface area contributed by atoms with Gasteiger partial charge in [-0.3, -0.25) is 0 Å². The van der Waals surface area contributed by atoms with E-state index in [-0.39, 0.29) is 5.25 Å². The highest BCUT2D eigenvalue weighted by Gasteiger charge is 2.32. The van der Waals surface area contributed by atoms with Crippen LogP contribution in [0.2, 0.25) is 0 Å². The van der Waals surface area contributed by atoms with Gasteiger partial charge in [-0.25, -0.2) is 4.98 Å². The van der Waals surface area contributed by atoms with E-state index in [0.29, 0.717) is 5.92 Å². The van der Waals surface area contributed by atoms with Gasteiger partial charge < -0.3 is 4.98 Å². The molecular formula is C37H30N2S2. The van der Waals surface area contributed by atoms with E-state index in [1.165, 1.54) is 47.7 Å². The van der Waals surface area contributed by atoms with Crippen molar-refractivity contribution in [2.75, 3.05) is 0 Å². The number of hydrogen-bond acceptors (Lipinski definition) is 3. The van der Waals surface area contributed by atoms with E-state index >= 15 is 0 Å². The third-order valence-electron chi connectivity index (χ3n) is 7.67. The summed E-state index contributed by atoms with van der Waals surface area (Å²) in [5, 5.41) is 2.82. The number of aromatic amines is 1. The lowest BCUT2D eigenvalue weighted by Gasteiger charge is -2.20. The molecule has 2 nitrogen and oxygen atoms in total. The minimum Gasteiger partial charge on any atom is -0.338 e. The van der Waals surface area contributed by atoms with Crippen LogP contribution in [0.25, 0.3) is 53.7 Å². The van der Waals surface area contributed by atoms with Gasteiger partial charge in [-0.2, -0.15) is 0 Å². The summed E-state index contributed by atoms with van der Waals surface area (Å²) in [7, 11) is 0. The summed E-state index contributed by atoms with van der Waals surface area (Å²) in [4.78, 5) is 12.9. The summed E-state index contributed by atoms with van der Waals surface area (Å²) >= 11 is 3.81. The second kappa shape index (κ2) is 11.0. The van der Waals surface area contributed by atoms with Crippen molar-refractivity contribution in [3.05, 3.63) is 138 Å². The maximum absolute atomic E-state index is 5.25. The molecule has 0 bridgehead atoms. The Balaban J connectivity index is 1.45. The first-order valence-corrected chi connectivity index (χ1v) is 15.7. The Morgan fingerprint density at radius 3 is 2.20 bits per heavy atom. The van der Waals surface area contributed by atoms with Crippen molar-refractivity contribution in [2.45, 2.75) is 19.1 Å². The molecule has 41 heavy (non-hydrogen) atoms. The van der Waals surface area contributed by atoms with E-state index in [1.807, 2.05) is 42.2 Å². The number of allylic oxidation sites excluding steroid dienone is 4. The largest absolute Gasteiger partial charge is 0.338 e. The van der Waals surface area contributed by atoms with Crippen LogP contribution in [0.15, 0.2) is 121 Å². The molecule has 4 aromatic carbocycles. The average Bonchev–Trinajstić information content (AvgIpc) is 3.76. The molecule has 200 valence electrons. The number of thioether (sulfide) groups is 1. The normalized spacial score (nSPS) is 17.4. The third kappa shape index (κ3) is 4.77. The zero-order valence-electron chi connectivity index (χ0n) is 23.0. The summed E-state index contributed by atoms with van der Waals surface area (Å²) in [6.07, 6.45) is 10.6. The maximum atomic E-state index is 5.25. The molecule has 0 aliphatic carbocycles. The second-order valence-corrected chi connectivity index (χ2v) is 12.7. The van der Waals surface area contributed by atoms with E-state index < -0.39 is 0 Å². The molecule has 1 aliphatic rings. The van der Waals surface area contributed by atoms with Gasteiger partial charge in [-0.1, -0.05) is 116 Å². The number of imidazole rings is 1. The molecule has 1 aliphatic heterocycles. The zero-order chi connectivity index (χ0) is 27.8. The van der Waals surface area contributed by atoms with E-state index in [4.69, 9.17) is 4.98 Å². The number of hydrogen-bond donors (Lipinski definition) is 1. The summed E-state index contributed by atoms with van der Waals surface area (Å²) in [5.41, 5.74) is 7.27. The van der Waals surface area contributed by atoms with Crippen LogP contribution in [0.5, 0.6) is 0 Å². The van der Waals surface area contributed by atoms with Crippen LogP contribution in [-0.4, -0.2) is 9.97 Å². The van der Waals surface area contributed by atoms with Gasteiger partial charge in [-0.05, 0) is 52.9 Å². The minimum atomic E-state index is 0.269. The van der Waals surface area contributed by atoms with Gasteiger partial charge >= 0.3 is 0 Å². The summed E-state index contributed by atoms with van der Waals surface area (Å²) in [6.45, 7) is 4.37. The van der Waals surface area contributed by atoms with Crippen molar-refractivity contribution >= 4 is 55.9 Å². The Labute approximate surface area is 249 Å². The van der Waals surface area contributed by atoms with E-state index in [2.05, 4.69) is 127 Å². The molecule has 3 heterocycles. The van der Waals surface area contributed by atoms with Gasteiger partial charge in [0.25, 0.3) is 0 Å². The van der Waals surface area contributed by atoms with Crippen molar-refractivity contribution in [3.63, 3.8) is 0 Å². The Kier molecular flexibility index (Phi) is 6.95. The number of rotatable bonds is 6. The molecule has 4 heteroatoms. The van der Waals surface area contributed by atoms with Gasteiger partial charge in [-0.15, -0.1) is 23.1 Å². The third-order valence-corrected chi connectivity index (χ3v) is 10.4. The van der Waals surface area contributed by atoms with Gasteiger partial charge in [0.2, 0.25) is 0 Å². The van der Waals surface area contributed by atoms with Gasteiger partial charge in [0.1, 0.15) is 5.82 Å². The van der Waals surface area contributed by atoms with Crippen LogP contribution in [-0.2, 0) is 0 Å². The fourth-order valence-corrected chi connectivity index (χ4v) is 8.34. The SMILES string of the molecule is C/C=C\C=C/c1nc2c(C3SC(c4ccccc4)=CC3C)c3ccccc3c(-c3ccc(-c4ccccc4)s3)c2[nH]1. The van der Waals surface area contributed by atoms with Crippen molar-refractivity contribution < 1.29 is 0 Å². The number of nitrogens with one attached hydrogen (secondary N) is 1. The Morgan fingerprint density at radius 2 is 1.44 bits per heavy atom. The minimum absolute atomic E-state index is 0.269. The van der Waals surface area contributed by atoms with Crippen LogP contribution < -0.4 is 0 Å². The lowest BCUT2D eigenvalue weighted by atomic mass is 9.90. The Hall–Kier alpha value is -4.12. The standard InChI is InChI=1S/C37H30N2S2/c1-3-4-7-20-32-38-35-33(30-22-21-29(40-30)25-14-8-5-9-15-25)27-18-12-13-19-28(27)34(36(35)39-32)37-24(2)23-31(41-37)26-16-10-6-11-17-26/h3-24,37H,1-2H3,(H,38,39)/b4-3-,20-7-. The molecule has 0 amide bonds. The summed E-state index contributed by atoms with van der Waals surface area (Å²) in [5.74, 6) is 1.25. The average molecular weight is 567 g/mol. The molecule has 7 rings (SSSR count). The molecule has 0 radical (unpaired) electrons. The molecule has 2 atom stereocenters. The van der Waals surface area contributed by atoms with Crippen molar-refractivity contribution in [3.8, 4) is 20.9 Å². The van der Waals surface area contributed by atoms with Crippen molar-refractivity contribution in [1.82, 2.24) is 9.97 Å². The molecule has 0 spiro atoms. The van der Waals surface area contributed by atoms with Crippen LogP contribution >= 0.6 is 23.1 Å². The topological polar surface area (TPSA) is 28.7 Å². The van der Waals surface area contributed by atoms with Crippen LogP contribution in [0.4, 0.5) is 0 Å². The maximum Gasteiger partial charge on any atom is 0.131 e. The molecule has 2 unspecified atom stereocenters. The van der Waals surface area contributed by atoms with Gasteiger partial charge in [0.15, 0.2) is 0 Å². The number of aromatic nitrogens is 2. The first-order chi connectivity index (χ1) is 20.2. The van der Waals surface area contributed by atoms with Crippen molar-refractivity contribution in [1.29, 1.82) is 0 Å². The molecular weight excluding hydrogens is 537 g/mol. The monoisotopic (exact) mass is 566 g/mol. The lowest BCUT2D eigenvalue weighted by molar-refractivity contribution is 0.726. The second-order valence-electron chi connectivity index (χ2n) is 10.4. The van der Waals surface area contributed by atoms with E-state index in [1.54, 1.807) is 0 Å². The zero-order valence-corrected chi connectivity index (χ0v) is 24.7. The Bertz CT molecular complexity index is 1940. The predicted molar refractivity (Wildman–Crippen MR) is 180 cm³/mol. The fraction of sp³-hybridized carbons (Fsp3) is 0.108. The van der Waals surface area contributed by atoms with Gasteiger partial charge in [0.05, 0.1) is 11.0 Å². The summed E-state index contributed by atoms with van der Waals surface area (Å²) < 4.78 is 0. The molecule has 0 fully saturated rings. The highest BCUT2D eigenvalue weighted by Crippen LogP contribution is 2.55. The van der Waals surface area contributed by atoms with Crippen LogP contribution in [0.3, 0.4) is 0 Å². The molecule has 6 aromatic rings. The Morgan fingerprint density at radius 1 is 0.756 bits per heavy atom. The van der Waals surface area contributed by atoms with Crippen LogP contribution in [0.1, 0.15) is 36.0 Å². The van der Waals surface area contributed by atoms with Crippen LogP contribution in [0, 0.1) is 5.92 Å². The predicted octanol–water partition coefficient (Wildman–Crippen LogP) is 11.2. The number of H-pyrrole nitrogens is 1. The fourth-order valence-electron chi connectivity index (χ4n) is 5.77. The highest BCUT2D eigenvalue weighted by molar-refractivity contribution is 8.08. The van der Waals surface area contributed by atoms with Crippen molar-refractivity contribution in [2.24, 2.45) is 5.92 Å². The van der Waals surface area contributed by atoms with E-state index in [9.17, 15) is 0 Å². The van der Waals surface area contributed by atoms with E-state index in [0.717, 1.165) is 16.9 Å². The smallest absolute Gasteiger partial charge is 0.131 e. The van der Waals surface area contributed by atoms with Gasteiger partial charge in [0, 0.05) is 31.0 Å². The summed E-state index contributed by atoms with van der Waals surface area (Å²) in [6, 6.07) is 34.8. The molecule has 1 N–H and O–H groups in total. The number of fused-ring (bicyclic) bond motifs is 2. The first-order valence-electron chi connectivity index (χ1n) is 14.0. The number of benzene rings is 4. The quantitative estimate of drug-likeness (QED) is 0.203. The number of nitrogens with zero attached hydrogens (tertiary/aromatic N) is 1. The highest BCUT2D eigenvalue weighted by atomic mass is 32.2. The number of thiophene rings is 1. The molecule has 0 saturated heterocycles. The molecule has 2 aromatic heterocycles. The lowest BCUT2D eigenvalue weighted by Crippen LogP contribution is -2.02. The first kappa shape index (κ1) is 25.8.